The molecule has 0 radical (unpaired) electrons. The van der Waals surface area contributed by atoms with E-state index >= 15 is 0 Å². The Morgan fingerprint density at radius 2 is 0.882 bits per heavy atom. The molecular formula is C17H32. The minimum absolute atomic E-state index is 0.705. The van der Waals surface area contributed by atoms with Crippen molar-refractivity contribution in [3.8, 4) is 0 Å². The predicted octanol–water partition coefficient (Wildman–Crippen LogP) is 5.81. The predicted molar refractivity (Wildman–Crippen MR) is 76.1 cm³/mol. The van der Waals surface area contributed by atoms with Gasteiger partial charge in [0.15, 0.2) is 0 Å². The molecule has 2 fully saturated rings. The summed E-state index contributed by atoms with van der Waals surface area (Å²) in [5, 5.41) is 0. The van der Waals surface area contributed by atoms with Gasteiger partial charge >= 0.3 is 0 Å². The van der Waals surface area contributed by atoms with Crippen molar-refractivity contribution in [3.63, 3.8) is 0 Å². The van der Waals surface area contributed by atoms with E-state index in [-0.39, 0.29) is 0 Å². The standard InChI is InChI=1S/C17H32/c1-14(2)16-8-5-6-9-17(13-12-16,15(3)4)11-7-10-16/h14-15H,5-13H2,1-4H3. The second-order valence-electron chi connectivity index (χ2n) is 7.59. The van der Waals surface area contributed by atoms with Crippen molar-refractivity contribution < 1.29 is 0 Å². The van der Waals surface area contributed by atoms with Gasteiger partial charge in [-0.2, -0.15) is 0 Å². The van der Waals surface area contributed by atoms with Crippen molar-refractivity contribution in [1.82, 2.24) is 0 Å². The van der Waals surface area contributed by atoms with Gasteiger partial charge in [-0.15, -0.1) is 0 Å². The molecule has 0 aromatic carbocycles. The van der Waals surface area contributed by atoms with Crippen molar-refractivity contribution in [1.29, 1.82) is 0 Å². The molecule has 0 nitrogen and oxygen atoms in total. The SMILES string of the molecule is CC(C)C12CCCCC(C(C)C)(CCC1)CC2. The highest BCUT2D eigenvalue weighted by molar-refractivity contribution is 4.94. The summed E-state index contributed by atoms with van der Waals surface area (Å²) in [6.07, 6.45) is 13.6. The van der Waals surface area contributed by atoms with Gasteiger partial charge in [0.2, 0.25) is 0 Å². The zero-order valence-electron chi connectivity index (χ0n) is 12.5. The maximum Gasteiger partial charge on any atom is -0.0274 e. The van der Waals surface area contributed by atoms with E-state index in [1.54, 1.807) is 0 Å². The zero-order valence-corrected chi connectivity index (χ0v) is 12.5. The van der Waals surface area contributed by atoms with E-state index in [2.05, 4.69) is 27.7 Å². The molecule has 0 spiro atoms. The fourth-order valence-corrected chi connectivity index (χ4v) is 4.73. The van der Waals surface area contributed by atoms with Gasteiger partial charge < -0.3 is 0 Å². The summed E-state index contributed by atoms with van der Waals surface area (Å²) >= 11 is 0. The molecule has 0 heteroatoms. The number of hydrogen-bond donors (Lipinski definition) is 0. The lowest BCUT2D eigenvalue weighted by molar-refractivity contribution is 0.0820. The van der Waals surface area contributed by atoms with Crippen LogP contribution in [0.1, 0.15) is 85.5 Å². The molecule has 0 aromatic heterocycles. The smallest absolute Gasteiger partial charge is 0.0274 e. The van der Waals surface area contributed by atoms with Crippen LogP contribution in [0.4, 0.5) is 0 Å². The van der Waals surface area contributed by atoms with E-state index in [1.165, 1.54) is 57.8 Å². The molecule has 2 rings (SSSR count). The molecule has 2 aliphatic carbocycles. The first-order valence-corrected chi connectivity index (χ1v) is 8.01. The van der Waals surface area contributed by atoms with Crippen LogP contribution < -0.4 is 0 Å². The van der Waals surface area contributed by atoms with E-state index in [0.29, 0.717) is 10.8 Å². The maximum absolute atomic E-state index is 2.48. The van der Waals surface area contributed by atoms with Crippen molar-refractivity contribution in [2.75, 3.05) is 0 Å². The van der Waals surface area contributed by atoms with Crippen molar-refractivity contribution in [2.45, 2.75) is 85.5 Å². The molecule has 100 valence electrons. The first kappa shape index (κ1) is 13.4. The third kappa shape index (κ3) is 2.42. The Morgan fingerprint density at radius 3 is 1.24 bits per heavy atom. The molecule has 0 heterocycles. The highest BCUT2D eigenvalue weighted by atomic mass is 14.5. The summed E-state index contributed by atoms with van der Waals surface area (Å²) in [6.45, 7) is 9.90. The Kier molecular flexibility index (Phi) is 3.90. The van der Waals surface area contributed by atoms with Crippen LogP contribution in [0.2, 0.25) is 0 Å². The summed E-state index contributed by atoms with van der Waals surface area (Å²) in [5.41, 5.74) is 1.41. The van der Waals surface area contributed by atoms with E-state index in [4.69, 9.17) is 0 Å². The van der Waals surface area contributed by atoms with Crippen molar-refractivity contribution >= 4 is 0 Å². The van der Waals surface area contributed by atoms with Gasteiger partial charge in [-0.1, -0.05) is 47.0 Å². The van der Waals surface area contributed by atoms with Gasteiger partial charge in [-0.3, -0.25) is 0 Å². The Balaban J connectivity index is 2.23. The molecule has 0 aliphatic heterocycles. The molecule has 2 unspecified atom stereocenters. The van der Waals surface area contributed by atoms with Crippen LogP contribution in [0.3, 0.4) is 0 Å². The Morgan fingerprint density at radius 1 is 0.529 bits per heavy atom. The second-order valence-corrected chi connectivity index (χ2v) is 7.59. The minimum Gasteiger partial charge on any atom is -0.0622 e. The van der Waals surface area contributed by atoms with Gasteiger partial charge in [-0.25, -0.2) is 0 Å². The van der Waals surface area contributed by atoms with Gasteiger partial charge in [-0.05, 0) is 61.2 Å². The quantitative estimate of drug-likeness (QED) is 0.567. The first-order chi connectivity index (χ1) is 8.01. The van der Waals surface area contributed by atoms with Crippen LogP contribution >= 0.6 is 0 Å². The Bertz CT molecular complexity index is 227. The highest BCUT2D eigenvalue weighted by Crippen LogP contribution is 2.55. The first-order valence-electron chi connectivity index (χ1n) is 8.01. The lowest BCUT2D eigenvalue weighted by atomic mass is 9.63. The molecular weight excluding hydrogens is 204 g/mol. The normalized spacial score (nSPS) is 39.2. The highest BCUT2D eigenvalue weighted by Gasteiger charge is 2.43. The number of rotatable bonds is 2. The van der Waals surface area contributed by atoms with Crippen LogP contribution in [0.5, 0.6) is 0 Å². The van der Waals surface area contributed by atoms with Crippen LogP contribution in [-0.4, -0.2) is 0 Å². The number of hydrogen-bond acceptors (Lipinski definition) is 0. The average molecular weight is 236 g/mol. The summed E-state index contributed by atoms with van der Waals surface area (Å²) in [5.74, 6) is 1.78. The fourth-order valence-electron chi connectivity index (χ4n) is 4.73. The Labute approximate surface area is 109 Å². The second kappa shape index (κ2) is 4.94. The monoisotopic (exact) mass is 236 g/mol. The van der Waals surface area contributed by atoms with Gasteiger partial charge in [0.25, 0.3) is 0 Å². The van der Waals surface area contributed by atoms with Gasteiger partial charge in [0.05, 0.1) is 0 Å². The molecule has 2 aliphatic rings. The van der Waals surface area contributed by atoms with Crippen LogP contribution in [0.25, 0.3) is 0 Å². The van der Waals surface area contributed by atoms with Crippen LogP contribution in [0.15, 0.2) is 0 Å². The van der Waals surface area contributed by atoms with Gasteiger partial charge in [0.1, 0.15) is 0 Å². The van der Waals surface area contributed by atoms with Crippen LogP contribution in [0, 0.1) is 22.7 Å². The molecule has 17 heavy (non-hydrogen) atoms. The third-order valence-corrected chi connectivity index (χ3v) is 6.52. The Hall–Kier alpha value is 0. The minimum atomic E-state index is 0.705. The lowest BCUT2D eigenvalue weighted by Crippen LogP contribution is -2.32. The molecule has 0 aromatic rings. The summed E-state index contributed by atoms with van der Waals surface area (Å²) in [7, 11) is 0. The molecule has 0 N–H and O–H groups in total. The maximum atomic E-state index is 2.48. The molecule has 2 atom stereocenters. The van der Waals surface area contributed by atoms with E-state index in [9.17, 15) is 0 Å². The molecule has 0 amide bonds. The summed E-state index contributed by atoms with van der Waals surface area (Å²) in [4.78, 5) is 0. The van der Waals surface area contributed by atoms with Crippen molar-refractivity contribution in [2.24, 2.45) is 22.7 Å². The molecule has 2 bridgehead atoms. The van der Waals surface area contributed by atoms with E-state index in [0.717, 1.165) is 11.8 Å². The number of fused-ring (bicyclic) bond motifs is 3. The van der Waals surface area contributed by atoms with E-state index in [1.807, 2.05) is 0 Å². The third-order valence-electron chi connectivity index (χ3n) is 6.52. The summed E-state index contributed by atoms with van der Waals surface area (Å²) in [6, 6.07) is 0. The summed E-state index contributed by atoms with van der Waals surface area (Å²) < 4.78 is 0. The largest absolute Gasteiger partial charge is 0.0622 e. The molecule has 2 saturated carbocycles. The van der Waals surface area contributed by atoms with E-state index < -0.39 is 0 Å². The van der Waals surface area contributed by atoms with Gasteiger partial charge in [0, 0.05) is 0 Å². The van der Waals surface area contributed by atoms with Crippen LogP contribution in [-0.2, 0) is 0 Å². The average Bonchev–Trinajstić information content (AvgIpc) is 2.36. The fraction of sp³-hybridized carbons (Fsp3) is 1.00. The molecule has 0 saturated heterocycles. The lowest BCUT2D eigenvalue weighted by Gasteiger charge is -2.43. The zero-order chi connectivity index (χ0) is 12.5. The van der Waals surface area contributed by atoms with Crippen molar-refractivity contribution in [3.05, 3.63) is 0 Å². The topological polar surface area (TPSA) is 0 Å².